The van der Waals surface area contributed by atoms with Crippen LogP contribution in [-0.4, -0.2) is 25.7 Å². The van der Waals surface area contributed by atoms with Gasteiger partial charge >= 0.3 is 0 Å². The summed E-state index contributed by atoms with van der Waals surface area (Å²) in [7, 11) is 0. The van der Waals surface area contributed by atoms with Crippen LogP contribution in [0.5, 0.6) is 0 Å². The lowest BCUT2D eigenvalue weighted by molar-refractivity contribution is 0.514. The molecule has 1 unspecified atom stereocenters. The van der Waals surface area contributed by atoms with Gasteiger partial charge in [0.05, 0.1) is 10.2 Å². The summed E-state index contributed by atoms with van der Waals surface area (Å²) in [4.78, 5) is 1.95. The zero-order valence-electron chi connectivity index (χ0n) is 10.6. The van der Waals surface area contributed by atoms with E-state index < -0.39 is 5.82 Å². The molecule has 2 aliphatic rings. The number of halogens is 3. The summed E-state index contributed by atoms with van der Waals surface area (Å²) < 4.78 is 27.6. The first-order chi connectivity index (χ1) is 9.13. The van der Waals surface area contributed by atoms with E-state index in [1.54, 1.807) is 0 Å². The van der Waals surface area contributed by atoms with Crippen molar-refractivity contribution in [1.82, 2.24) is 5.32 Å². The van der Waals surface area contributed by atoms with Crippen LogP contribution in [0.1, 0.15) is 19.3 Å². The molecule has 1 saturated carbocycles. The minimum absolute atomic E-state index is 0.180. The zero-order valence-corrected chi connectivity index (χ0v) is 12.2. The lowest BCUT2D eigenvalue weighted by atomic mass is 10.1. The summed E-state index contributed by atoms with van der Waals surface area (Å²) in [5.41, 5.74) is 0.384. The number of hydrogen-bond acceptors (Lipinski definition) is 2. The Bertz CT molecular complexity index is 477. The van der Waals surface area contributed by atoms with Crippen LogP contribution in [0.15, 0.2) is 16.6 Å². The molecule has 1 heterocycles. The van der Waals surface area contributed by atoms with Crippen molar-refractivity contribution < 1.29 is 8.78 Å². The molecule has 1 aromatic rings. The standard InChI is InChI=1S/C14H17BrF2N2/c15-11-5-13(17)14(6-12(11)16)19-4-3-9(8-19)7-18-10-1-2-10/h5-6,9-10,18H,1-4,7-8H2. The molecule has 0 amide bonds. The molecule has 5 heteroatoms. The minimum Gasteiger partial charge on any atom is -0.369 e. The third-order valence-corrected chi connectivity index (χ3v) is 4.50. The fraction of sp³-hybridized carbons (Fsp3) is 0.571. The summed E-state index contributed by atoms with van der Waals surface area (Å²) in [5, 5.41) is 3.50. The SMILES string of the molecule is Fc1cc(N2CCC(CNC3CC3)C2)c(F)cc1Br. The predicted octanol–water partition coefficient (Wildman–Crippen LogP) is 3.31. The Morgan fingerprint density at radius 3 is 2.74 bits per heavy atom. The average Bonchev–Trinajstić information content (AvgIpc) is 3.09. The van der Waals surface area contributed by atoms with E-state index in [1.807, 2.05) is 4.90 Å². The van der Waals surface area contributed by atoms with Crippen LogP contribution >= 0.6 is 15.9 Å². The smallest absolute Gasteiger partial charge is 0.147 e. The lowest BCUT2D eigenvalue weighted by Crippen LogP contribution is -2.28. The van der Waals surface area contributed by atoms with Crippen molar-refractivity contribution in [3.05, 3.63) is 28.2 Å². The third-order valence-electron chi connectivity index (χ3n) is 3.89. The molecule has 1 atom stereocenters. The molecule has 19 heavy (non-hydrogen) atoms. The molecule has 1 N–H and O–H groups in total. The molecule has 1 saturated heterocycles. The van der Waals surface area contributed by atoms with Crippen molar-refractivity contribution in [2.24, 2.45) is 5.92 Å². The van der Waals surface area contributed by atoms with Gasteiger partial charge in [-0.15, -0.1) is 0 Å². The van der Waals surface area contributed by atoms with Crippen molar-refractivity contribution in [1.29, 1.82) is 0 Å². The predicted molar refractivity (Wildman–Crippen MR) is 75.4 cm³/mol. The number of nitrogens with zero attached hydrogens (tertiary/aromatic N) is 1. The van der Waals surface area contributed by atoms with E-state index in [0.29, 0.717) is 17.6 Å². The number of rotatable bonds is 4. The number of anilines is 1. The summed E-state index contributed by atoms with van der Waals surface area (Å²) in [6, 6.07) is 3.20. The Morgan fingerprint density at radius 1 is 1.21 bits per heavy atom. The fourth-order valence-corrected chi connectivity index (χ4v) is 2.91. The highest BCUT2D eigenvalue weighted by Crippen LogP contribution is 2.30. The van der Waals surface area contributed by atoms with Crippen LogP contribution in [0.3, 0.4) is 0 Å². The summed E-state index contributed by atoms with van der Waals surface area (Å²) >= 11 is 3.00. The first kappa shape index (κ1) is 13.3. The fourth-order valence-electron chi connectivity index (χ4n) is 2.59. The van der Waals surface area contributed by atoms with Gasteiger partial charge in [-0.1, -0.05) is 0 Å². The van der Waals surface area contributed by atoms with Gasteiger partial charge in [-0.25, -0.2) is 8.78 Å². The molecular formula is C14H17BrF2N2. The lowest BCUT2D eigenvalue weighted by Gasteiger charge is -2.20. The summed E-state index contributed by atoms with van der Waals surface area (Å²) in [6.45, 7) is 2.59. The van der Waals surface area contributed by atoms with E-state index in [4.69, 9.17) is 0 Å². The molecule has 0 spiro atoms. The molecule has 1 aromatic carbocycles. The number of nitrogens with one attached hydrogen (secondary N) is 1. The van der Waals surface area contributed by atoms with Gasteiger partial charge in [0.25, 0.3) is 0 Å². The molecule has 0 bridgehead atoms. The normalized spacial score (nSPS) is 23.1. The van der Waals surface area contributed by atoms with E-state index in [-0.39, 0.29) is 10.3 Å². The topological polar surface area (TPSA) is 15.3 Å². The Morgan fingerprint density at radius 2 is 2.00 bits per heavy atom. The van der Waals surface area contributed by atoms with Crippen molar-refractivity contribution in [3.8, 4) is 0 Å². The van der Waals surface area contributed by atoms with Gasteiger partial charge in [-0.05, 0) is 53.7 Å². The monoisotopic (exact) mass is 330 g/mol. The van der Waals surface area contributed by atoms with Crippen LogP contribution in [0, 0.1) is 17.6 Å². The van der Waals surface area contributed by atoms with Crippen molar-refractivity contribution in [3.63, 3.8) is 0 Å². The van der Waals surface area contributed by atoms with Gasteiger partial charge in [0.1, 0.15) is 11.6 Å². The molecule has 104 valence electrons. The highest BCUT2D eigenvalue weighted by atomic mass is 79.9. The second kappa shape index (κ2) is 5.37. The van der Waals surface area contributed by atoms with E-state index in [1.165, 1.54) is 25.0 Å². The molecule has 3 rings (SSSR count). The van der Waals surface area contributed by atoms with E-state index in [9.17, 15) is 8.78 Å². The highest BCUT2D eigenvalue weighted by Gasteiger charge is 2.27. The quantitative estimate of drug-likeness (QED) is 0.852. The van der Waals surface area contributed by atoms with Gasteiger partial charge in [0.15, 0.2) is 0 Å². The van der Waals surface area contributed by atoms with Crippen molar-refractivity contribution in [2.75, 3.05) is 24.5 Å². The Hall–Kier alpha value is -0.680. The minimum atomic E-state index is -0.407. The summed E-state index contributed by atoms with van der Waals surface area (Å²) in [6.07, 6.45) is 3.60. The maximum atomic E-state index is 13.9. The molecule has 0 radical (unpaired) electrons. The average molecular weight is 331 g/mol. The Balaban J connectivity index is 1.64. The van der Waals surface area contributed by atoms with Crippen LogP contribution in [0.2, 0.25) is 0 Å². The van der Waals surface area contributed by atoms with E-state index >= 15 is 0 Å². The van der Waals surface area contributed by atoms with E-state index in [0.717, 1.165) is 26.1 Å². The molecule has 2 fully saturated rings. The maximum Gasteiger partial charge on any atom is 0.147 e. The van der Waals surface area contributed by atoms with Gasteiger partial charge in [0.2, 0.25) is 0 Å². The van der Waals surface area contributed by atoms with Crippen LogP contribution in [-0.2, 0) is 0 Å². The van der Waals surface area contributed by atoms with Crippen LogP contribution in [0.25, 0.3) is 0 Å². The van der Waals surface area contributed by atoms with E-state index in [2.05, 4.69) is 21.2 Å². The second-order valence-electron chi connectivity index (χ2n) is 5.50. The van der Waals surface area contributed by atoms with Crippen molar-refractivity contribution >= 4 is 21.6 Å². The van der Waals surface area contributed by atoms with Gasteiger partial charge < -0.3 is 10.2 Å². The Kier molecular flexibility index (Phi) is 3.76. The Labute approximate surface area is 120 Å². The zero-order chi connectivity index (χ0) is 13.4. The molecule has 1 aliphatic carbocycles. The van der Waals surface area contributed by atoms with Crippen LogP contribution < -0.4 is 10.2 Å². The summed E-state index contributed by atoms with van der Waals surface area (Å²) in [5.74, 6) is -0.230. The van der Waals surface area contributed by atoms with Gasteiger partial charge in [-0.2, -0.15) is 0 Å². The van der Waals surface area contributed by atoms with Gasteiger partial charge in [-0.3, -0.25) is 0 Å². The largest absolute Gasteiger partial charge is 0.369 e. The second-order valence-corrected chi connectivity index (χ2v) is 6.36. The number of hydrogen-bond donors (Lipinski definition) is 1. The van der Waals surface area contributed by atoms with Crippen LogP contribution in [0.4, 0.5) is 14.5 Å². The first-order valence-corrected chi connectivity index (χ1v) is 7.55. The van der Waals surface area contributed by atoms with Crippen molar-refractivity contribution in [2.45, 2.75) is 25.3 Å². The third kappa shape index (κ3) is 3.08. The highest BCUT2D eigenvalue weighted by molar-refractivity contribution is 9.10. The maximum absolute atomic E-state index is 13.9. The molecular weight excluding hydrogens is 314 g/mol. The molecule has 0 aromatic heterocycles. The molecule has 2 nitrogen and oxygen atoms in total. The first-order valence-electron chi connectivity index (χ1n) is 6.76. The number of benzene rings is 1. The van der Waals surface area contributed by atoms with Gasteiger partial charge in [0, 0.05) is 25.2 Å². The molecule has 1 aliphatic heterocycles.